The molecule has 0 atom stereocenters. The van der Waals surface area contributed by atoms with Crippen LogP contribution in [0.4, 0.5) is 0 Å². The summed E-state index contributed by atoms with van der Waals surface area (Å²) in [4.78, 5) is 2.66. The monoisotopic (exact) mass is 183 g/mol. The van der Waals surface area contributed by atoms with E-state index in [-0.39, 0.29) is 0 Å². The molecule has 0 aliphatic heterocycles. The summed E-state index contributed by atoms with van der Waals surface area (Å²) in [6, 6.07) is 1.60. The fourth-order valence-electron chi connectivity index (χ4n) is 2.62. The largest absolute Gasteiger partial charge is 0.298 e. The number of nitrogens with zero attached hydrogens (tertiary/aromatic N) is 1. The molecule has 1 aliphatic carbocycles. The summed E-state index contributed by atoms with van der Waals surface area (Å²) in [5.74, 6) is 0.974. The summed E-state index contributed by atoms with van der Waals surface area (Å²) in [6.07, 6.45) is 5.72. The molecule has 1 fully saturated rings. The van der Waals surface area contributed by atoms with Crippen LogP contribution in [-0.2, 0) is 0 Å². The lowest BCUT2D eigenvalue weighted by Crippen LogP contribution is -2.42. The van der Waals surface area contributed by atoms with Gasteiger partial charge in [0.1, 0.15) is 0 Å². The Morgan fingerprint density at radius 3 is 2.08 bits per heavy atom. The van der Waals surface area contributed by atoms with Gasteiger partial charge in [-0.15, -0.1) is 0 Å². The van der Waals surface area contributed by atoms with Crippen LogP contribution in [0.25, 0.3) is 0 Å². The second-order valence-corrected chi connectivity index (χ2v) is 4.84. The van der Waals surface area contributed by atoms with Crippen LogP contribution in [-0.4, -0.2) is 23.5 Å². The maximum Gasteiger partial charge on any atom is 0.00980 e. The minimum atomic E-state index is 0.725. The van der Waals surface area contributed by atoms with Crippen molar-refractivity contribution in [2.75, 3.05) is 6.54 Å². The van der Waals surface area contributed by atoms with Gasteiger partial charge in [0, 0.05) is 12.1 Å². The van der Waals surface area contributed by atoms with E-state index in [1.807, 2.05) is 0 Å². The fourth-order valence-corrected chi connectivity index (χ4v) is 2.62. The van der Waals surface area contributed by atoms with Gasteiger partial charge in [-0.05, 0) is 52.0 Å². The van der Waals surface area contributed by atoms with Crippen molar-refractivity contribution in [2.24, 2.45) is 5.92 Å². The van der Waals surface area contributed by atoms with Crippen LogP contribution < -0.4 is 0 Å². The van der Waals surface area contributed by atoms with Crippen molar-refractivity contribution >= 4 is 0 Å². The van der Waals surface area contributed by atoms with Gasteiger partial charge in [0.15, 0.2) is 0 Å². The molecule has 13 heavy (non-hydrogen) atoms. The van der Waals surface area contributed by atoms with Gasteiger partial charge in [-0.25, -0.2) is 0 Å². The normalized spacial score (nSPS) is 30.0. The van der Waals surface area contributed by atoms with Gasteiger partial charge in [0.2, 0.25) is 0 Å². The molecule has 0 spiro atoms. The van der Waals surface area contributed by atoms with Gasteiger partial charge in [0.05, 0.1) is 0 Å². The molecule has 0 saturated heterocycles. The number of rotatable bonds is 3. The maximum absolute atomic E-state index is 2.66. The molecule has 0 aromatic rings. The first-order valence-corrected chi connectivity index (χ1v) is 5.90. The zero-order valence-electron chi connectivity index (χ0n) is 9.71. The van der Waals surface area contributed by atoms with E-state index in [0.717, 1.165) is 18.0 Å². The van der Waals surface area contributed by atoms with E-state index in [1.54, 1.807) is 0 Å². The quantitative estimate of drug-likeness (QED) is 0.649. The van der Waals surface area contributed by atoms with Gasteiger partial charge in [-0.1, -0.05) is 13.8 Å². The first-order valence-electron chi connectivity index (χ1n) is 5.90. The number of hydrogen-bond donors (Lipinski definition) is 0. The molecule has 1 heteroatoms. The Morgan fingerprint density at radius 1 is 1.15 bits per heavy atom. The van der Waals surface area contributed by atoms with Crippen molar-refractivity contribution in [2.45, 2.75) is 65.5 Å². The molecule has 1 saturated carbocycles. The Bertz CT molecular complexity index is 134. The maximum atomic E-state index is 2.66. The number of hydrogen-bond acceptors (Lipinski definition) is 1. The van der Waals surface area contributed by atoms with E-state index in [1.165, 1.54) is 32.2 Å². The molecular weight excluding hydrogens is 158 g/mol. The average Bonchev–Trinajstić information content (AvgIpc) is 2.09. The highest BCUT2D eigenvalue weighted by molar-refractivity contribution is 4.79. The minimum absolute atomic E-state index is 0.725. The summed E-state index contributed by atoms with van der Waals surface area (Å²) >= 11 is 0. The fraction of sp³-hybridized carbons (Fsp3) is 1.00. The molecule has 0 bridgehead atoms. The molecule has 0 heterocycles. The highest BCUT2D eigenvalue weighted by atomic mass is 15.2. The van der Waals surface area contributed by atoms with Crippen LogP contribution in [0.2, 0.25) is 0 Å². The van der Waals surface area contributed by atoms with Crippen molar-refractivity contribution in [3.63, 3.8) is 0 Å². The van der Waals surface area contributed by atoms with Crippen molar-refractivity contribution in [3.05, 3.63) is 0 Å². The molecule has 0 amide bonds. The Morgan fingerprint density at radius 2 is 1.69 bits per heavy atom. The second-order valence-electron chi connectivity index (χ2n) is 4.84. The third-order valence-electron chi connectivity index (χ3n) is 3.48. The molecular formula is C12H25N. The molecule has 0 aromatic heterocycles. The van der Waals surface area contributed by atoms with E-state index in [4.69, 9.17) is 0 Å². The summed E-state index contributed by atoms with van der Waals surface area (Å²) < 4.78 is 0. The van der Waals surface area contributed by atoms with E-state index >= 15 is 0 Å². The smallest absolute Gasteiger partial charge is 0.00980 e. The van der Waals surface area contributed by atoms with Gasteiger partial charge in [-0.2, -0.15) is 0 Å². The Hall–Kier alpha value is -0.0400. The standard InChI is InChI=1S/C12H25N/c1-5-13(10(2)3)12-8-6-11(4)7-9-12/h10-12H,5-9H2,1-4H3/t11-,12-. The summed E-state index contributed by atoms with van der Waals surface area (Å²) in [6.45, 7) is 10.5. The molecule has 1 aliphatic rings. The predicted octanol–water partition coefficient (Wildman–Crippen LogP) is 3.30. The van der Waals surface area contributed by atoms with E-state index in [9.17, 15) is 0 Å². The van der Waals surface area contributed by atoms with Gasteiger partial charge in [0.25, 0.3) is 0 Å². The van der Waals surface area contributed by atoms with Crippen LogP contribution in [0.1, 0.15) is 53.4 Å². The Kier molecular flexibility index (Phi) is 4.24. The van der Waals surface area contributed by atoms with Crippen molar-refractivity contribution < 1.29 is 0 Å². The lowest BCUT2D eigenvalue weighted by molar-refractivity contribution is 0.114. The second kappa shape index (κ2) is 4.99. The van der Waals surface area contributed by atoms with Gasteiger partial charge >= 0.3 is 0 Å². The average molecular weight is 183 g/mol. The third-order valence-corrected chi connectivity index (χ3v) is 3.48. The van der Waals surface area contributed by atoms with Crippen molar-refractivity contribution in [1.29, 1.82) is 0 Å². The summed E-state index contributed by atoms with van der Waals surface area (Å²) in [7, 11) is 0. The van der Waals surface area contributed by atoms with Crippen LogP contribution in [0, 0.1) is 5.92 Å². The van der Waals surface area contributed by atoms with Crippen molar-refractivity contribution in [1.82, 2.24) is 4.90 Å². The van der Waals surface area contributed by atoms with Crippen LogP contribution in [0.3, 0.4) is 0 Å². The topological polar surface area (TPSA) is 3.24 Å². The van der Waals surface area contributed by atoms with Crippen LogP contribution in [0.5, 0.6) is 0 Å². The van der Waals surface area contributed by atoms with E-state index in [2.05, 4.69) is 32.6 Å². The summed E-state index contributed by atoms with van der Waals surface area (Å²) in [5.41, 5.74) is 0. The molecule has 0 unspecified atom stereocenters. The third kappa shape index (κ3) is 2.98. The van der Waals surface area contributed by atoms with Gasteiger partial charge < -0.3 is 0 Å². The highest BCUT2D eigenvalue weighted by Gasteiger charge is 2.24. The zero-order chi connectivity index (χ0) is 9.84. The molecule has 78 valence electrons. The van der Waals surface area contributed by atoms with E-state index < -0.39 is 0 Å². The molecule has 0 N–H and O–H groups in total. The first-order chi connectivity index (χ1) is 6.15. The Labute approximate surface area is 83.5 Å². The zero-order valence-corrected chi connectivity index (χ0v) is 9.71. The predicted molar refractivity (Wildman–Crippen MR) is 58.9 cm³/mol. The lowest BCUT2D eigenvalue weighted by atomic mass is 9.86. The molecule has 1 rings (SSSR count). The Balaban J connectivity index is 2.41. The molecule has 1 nitrogen and oxygen atoms in total. The first kappa shape index (κ1) is 11.0. The van der Waals surface area contributed by atoms with Gasteiger partial charge in [-0.3, -0.25) is 4.90 Å². The summed E-state index contributed by atoms with van der Waals surface area (Å²) in [5, 5.41) is 0. The van der Waals surface area contributed by atoms with Crippen LogP contribution in [0.15, 0.2) is 0 Å². The highest BCUT2D eigenvalue weighted by Crippen LogP contribution is 2.27. The van der Waals surface area contributed by atoms with Crippen LogP contribution >= 0.6 is 0 Å². The van der Waals surface area contributed by atoms with Crippen molar-refractivity contribution in [3.8, 4) is 0 Å². The minimum Gasteiger partial charge on any atom is -0.298 e. The SMILES string of the molecule is CCN(C(C)C)[C@H]1CC[C@H](C)CC1. The molecule has 0 aromatic carbocycles. The molecule has 0 radical (unpaired) electrons. The van der Waals surface area contributed by atoms with E-state index in [0.29, 0.717) is 0 Å². The lowest BCUT2D eigenvalue weighted by Gasteiger charge is -2.38.